The van der Waals surface area contributed by atoms with Crippen LogP contribution in [-0.2, 0) is 14.3 Å². The van der Waals surface area contributed by atoms with Gasteiger partial charge < -0.3 is 9.64 Å². The van der Waals surface area contributed by atoms with Gasteiger partial charge in [-0.3, -0.25) is 14.4 Å². The molecule has 1 saturated heterocycles. The molecule has 1 amide bonds. The average molecular weight is 451 g/mol. The topological polar surface area (TPSA) is 63.7 Å². The highest BCUT2D eigenvalue weighted by molar-refractivity contribution is 9.10. The Morgan fingerprint density at radius 1 is 1.22 bits per heavy atom. The van der Waals surface area contributed by atoms with Crippen LogP contribution < -0.4 is 4.90 Å². The van der Waals surface area contributed by atoms with E-state index in [0.29, 0.717) is 16.3 Å². The van der Waals surface area contributed by atoms with Gasteiger partial charge in [0.2, 0.25) is 5.91 Å². The number of ketones is 1. The lowest BCUT2D eigenvalue weighted by atomic mass is 10.1. The summed E-state index contributed by atoms with van der Waals surface area (Å²) in [5.41, 5.74) is 2.02. The van der Waals surface area contributed by atoms with Gasteiger partial charge in [0.25, 0.3) is 0 Å². The molecule has 0 aromatic heterocycles. The number of hydrogen-bond donors (Lipinski definition) is 0. The highest BCUT2D eigenvalue weighted by Gasteiger charge is 2.36. The number of carbonyl (C=O) groups is 3. The average Bonchev–Trinajstić information content (AvgIpc) is 3.04. The third kappa shape index (κ3) is 4.57. The van der Waals surface area contributed by atoms with Crippen molar-refractivity contribution >= 4 is 50.9 Å². The van der Waals surface area contributed by atoms with E-state index in [1.165, 1.54) is 4.90 Å². The molecule has 5 nitrogen and oxygen atoms in total. The fraction of sp³-hybridized carbons (Fsp3) is 0.250. The molecule has 0 aliphatic carbocycles. The van der Waals surface area contributed by atoms with Crippen molar-refractivity contribution in [3.63, 3.8) is 0 Å². The minimum absolute atomic E-state index is 0.0524. The SMILES string of the molecule is Cc1ccc(N2CC(C(=O)OCC(=O)c3ccc(Br)cc3)CC2=O)cc1Cl. The van der Waals surface area contributed by atoms with Crippen LogP contribution in [0, 0.1) is 12.8 Å². The molecule has 27 heavy (non-hydrogen) atoms. The van der Waals surface area contributed by atoms with E-state index >= 15 is 0 Å². The number of amides is 1. The smallest absolute Gasteiger partial charge is 0.311 e. The van der Waals surface area contributed by atoms with Crippen molar-refractivity contribution in [3.8, 4) is 0 Å². The molecule has 1 aliphatic rings. The molecular formula is C20H17BrClNO4. The molecule has 140 valence electrons. The number of anilines is 1. The Balaban J connectivity index is 1.59. The van der Waals surface area contributed by atoms with Gasteiger partial charge in [0, 0.05) is 33.7 Å². The monoisotopic (exact) mass is 449 g/mol. The summed E-state index contributed by atoms with van der Waals surface area (Å²) in [6.07, 6.45) is 0.0524. The number of aryl methyl sites for hydroxylation is 1. The Kier molecular flexibility index (Phi) is 5.97. The summed E-state index contributed by atoms with van der Waals surface area (Å²) in [5, 5.41) is 0.562. The summed E-state index contributed by atoms with van der Waals surface area (Å²) >= 11 is 9.42. The molecule has 0 saturated carbocycles. The van der Waals surface area contributed by atoms with Crippen LogP contribution >= 0.6 is 27.5 Å². The Hall–Kier alpha value is -2.18. The zero-order chi connectivity index (χ0) is 19.6. The van der Waals surface area contributed by atoms with Gasteiger partial charge in [-0.15, -0.1) is 0 Å². The fourth-order valence-electron chi connectivity index (χ4n) is 2.84. The first-order valence-electron chi connectivity index (χ1n) is 8.37. The van der Waals surface area contributed by atoms with Crippen LogP contribution in [0.2, 0.25) is 5.02 Å². The number of halogens is 2. The molecule has 1 aliphatic heterocycles. The molecule has 0 spiro atoms. The van der Waals surface area contributed by atoms with E-state index < -0.39 is 11.9 Å². The molecule has 1 unspecified atom stereocenters. The summed E-state index contributed by atoms with van der Waals surface area (Å²) in [7, 11) is 0. The number of rotatable bonds is 5. The van der Waals surface area contributed by atoms with Crippen LogP contribution in [0.25, 0.3) is 0 Å². The third-order valence-corrected chi connectivity index (χ3v) is 5.37. The van der Waals surface area contributed by atoms with Gasteiger partial charge in [0.15, 0.2) is 12.4 Å². The largest absolute Gasteiger partial charge is 0.457 e. The number of hydrogen-bond acceptors (Lipinski definition) is 4. The molecule has 1 fully saturated rings. The van der Waals surface area contributed by atoms with Crippen molar-refractivity contribution in [3.05, 3.63) is 63.1 Å². The third-order valence-electron chi connectivity index (χ3n) is 4.44. The van der Waals surface area contributed by atoms with Gasteiger partial charge in [-0.2, -0.15) is 0 Å². The van der Waals surface area contributed by atoms with Gasteiger partial charge >= 0.3 is 5.97 Å². The highest BCUT2D eigenvalue weighted by Crippen LogP contribution is 2.29. The molecular weight excluding hydrogens is 434 g/mol. The lowest BCUT2D eigenvalue weighted by Gasteiger charge is -2.17. The molecule has 1 heterocycles. The number of benzene rings is 2. The van der Waals surface area contributed by atoms with E-state index in [4.69, 9.17) is 16.3 Å². The predicted molar refractivity (Wildman–Crippen MR) is 106 cm³/mol. The van der Waals surface area contributed by atoms with Crippen molar-refractivity contribution < 1.29 is 19.1 Å². The number of esters is 1. The van der Waals surface area contributed by atoms with Crippen molar-refractivity contribution in [1.29, 1.82) is 0 Å². The molecule has 2 aromatic rings. The van der Waals surface area contributed by atoms with E-state index in [1.54, 1.807) is 36.4 Å². The maximum absolute atomic E-state index is 12.3. The second kappa shape index (κ2) is 8.23. The molecule has 3 rings (SSSR count). The van der Waals surface area contributed by atoms with Crippen LogP contribution in [0.4, 0.5) is 5.69 Å². The minimum atomic E-state index is -0.602. The predicted octanol–water partition coefficient (Wildman–Crippen LogP) is 4.19. The van der Waals surface area contributed by atoms with E-state index in [2.05, 4.69) is 15.9 Å². The first-order chi connectivity index (χ1) is 12.8. The normalized spacial score (nSPS) is 16.5. The summed E-state index contributed by atoms with van der Waals surface area (Å²) in [5.74, 6) is -1.61. The van der Waals surface area contributed by atoms with Crippen LogP contribution in [0.3, 0.4) is 0 Å². The van der Waals surface area contributed by atoms with Crippen molar-refractivity contribution in [2.24, 2.45) is 5.92 Å². The van der Waals surface area contributed by atoms with Gasteiger partial charge in [-0.1, -0.05) is 45.7 Å². The Morgan fingerprint density at radius 3 is 2.59 bits per heavy atom. The van der Waals surface area contributed by atoms with Gasteiger partial charge in [0.1, 0.15) is 0 Å². The Bertz CT molecular complexity index is 897. The molecule has 0 bridgehead atoms. The Labute approximate surface area is 170 Å². The lowest BCUT2D eigenvalue weighted by molar-refractivity contribution is -0.147. The first kappa shape index (κ1) is 19.6. The quantitative estimate of drug-likeness (QED) is 0.506. The zero-order valence-corrected chi connectivity index (χ0v) is 16.9. The molecule has 1 atom stereocenters. The molecule has 7 heteroatoms. The second-order valence-electron chi connectivity index (χ2n) is 6.38. The van der Waals surface area contributed by atoms with E-state index in [-0.39, 0.29) is 31.3 Å². The molecule has 0 N–H and O–H groups in total. The minimum Gasteiger partial charge on any atom is -0.457 e. The van der Waals surface area contributed by atoms with E-state index in [9.17, 15) is 14.4 Å². The second-order valence-corrected chi connectivity index (χ2v) is 7.70. The maximum Gasteiger partial charge on any atom is 0.311 e. The Morgan fingerprint density at radius 2 is 1.93 bits per heavy atom. The van der Waals surface area contributed by atoms with Crippen LogP contribution in [-0.4, -0.2) is 30.8 Å². The van der Waals surface area contributed by atoms with Crippen molar-refractivity contribution in [2.75, 3.05) is 18.1 Å². The van der Waals surface area contributed by atoms with Crippen LogP contribution in [0.5, 0.6) is 0 Å². The number of nitrogens with zero attached hydrogens (tertiary/aromatic N) is 1. The van der Waals surface area contributed by atoms with Crippen LogP contribution in [0.1, 0.15) is 22.3 Å². The highest BCUT2D eigenvalue weighted by atomic mass is 79.9. The fourth-order valence-corrected chi connectivity index (χ4v) is 3.28. The molecule has 0 radical (unpaired) electrons. The number of Topliss-reactive ketones (excluding diaryl/α,β-unsaturated/α-hetero) is 1. The maximum atomic E-state index is 12.3. The lowest BCUT2D eigenvalue weighted by Crippen LogP contribution is -2.27. The summed E-state index contributed by atoms with van der Waals surface area (Å²) < 4.78 is 6.00. The number of carbonyl (C=O) groups excluding carboxylic acids is 3. The van der Waals surface area contributed by atoms with Crippen LogP contribution in [0.15, 0.2) is 46.9 Å². The van der Waals surface area contributed by atoms with Crippen molar-refractivity contribution in [1.82, 2.24) is 0 Å². The standard InChI is InChI=1S/C20H17BrClNO4/c1-12-2-7-16(9-17(12)22)23-10-14(8-19(23)25)20(26)27-11-18(24)13-3-5-15(21)6-4-13/h2-7,9,14H,8,10-11H2,1H3. The zero-order valence-electron chi connectivity index (χ0n) is 14.6. The van der Waals surface area contributed by atoms with Gasteiger partial charge in [-0.05, 0) is 36.8 Å². The molecule has 2 aromatic carbocycles. The van der Waals surface area contributed by atoms with Gasteiger partial charge in [-0.25, -0.2) is 0 Å². The van der Waals surface area contributed by atoms with Crippen molar-refractivity contribution in [2.45, 2.75) is 13.3 Å². The first-order valence-corrected chi connectivity index (χ1v) is 9.54. The summed E-state index contributed by atoms with van der Waals surface area (Å²) in [6, 6.07) is 12.1. The summed E-state index contributed by atoms with van der Waals surface area (Å²) in [4.78, 5) is 38.2. The van der Waals surface area contributed by atoms with Gasteiger partial charge in [0.05, 0.1) is 5.92 Å². The van der Waals surface area contributed by atoms with E-state index in [0.717, 1.165) is 10.0 Å². The summed E-state index contributed by atoms with van der Waals surface area (Å²) in [6.45, 7) is 1.74. The number of ether oxygens (including phenoxy) is 1. The van der Waals surface area contributed by atoms with E-state index in [1.807, 2.05) is 13.0 Å².